The molecule has 0 saturated heterocycles. The number of esters is 1. The number of aromatic nitrogens is 2. The zero-order chi connectivity index (χ0) is 18.6. The maximum Gasteiger partial charge on any atom is 0.349 e. The van der Waals surface area contributed by atoms with E-state index in [2.05, 4.69) is 15.3 Å². The van der Waals surface area contributed by atoms with E-state index in [0.29, 0.717) is 28.1 Å². The molecule has 0 spiro atoms. The number of aromatic amines is 1. The molecule has 0 aromatic carbocycles. The van der Waals surface area contributed by atoms with Crippen LogP contribution in [0.3, 0.4) is 0 Å². The van der Waals surface area contributed by atoms with Crippen LogP contribution in [0, 0.1) is 13.8 Å². The van der Waals surface area contributed by atoms with Crippen LogP contribution >= 0.6 is 11.3 Å². The van der Waals surface area contributed by atoms with E-state index in [4.69, 9.17) is 4.74 Å². The van der Waals surface area contributed by atoms with E-state index >= 15 is 0 Å². The van der Waals surface area contributed by atoms with E-state index in [0.717, 1.165) is 17.8 Å². The Kier molecular flexibility index (Phi) is 5.86. The number of imide groups is 1. The van der Waals surface area contributed by atoms with Crippen LogP contribution in [0.15, 0.2) is 4.79 Å². The second-order valence-electron chi connectivity index (χ2n) is 5.27. The van der Waals surface area contributed by atoms with Crippen molar-refractivity contribution in [3.05, 3.63) is 26.6 Å². The largest absolute Gasteiger partial charge is 0.451 e. The van der Waals surface area contributed by atoms with E-state index in [9.17, 15) is 19.2 Å². The van der Waals surface area contributed by atoms with Gasteiger partial charge in [-0.25, -0.2) is 14.6 Å². The van der Waals surface area contributed by atoms with Crippen LogP contribution in [0.5, 0.6) is 0 Å². The van der Waals surface area contributed by atoms with E-state index in [1.165, 1.54) is 0 Å². The summed E-state index contributed by atoms with van der Waals surface area (Å²) in [6, 6.07) is -0.646. The molecule has 0 aliphatic carbocycles. The number of amides is 3. The Morgan fingerprint density at radius 2 is 2.00 bits per heavy atom. The maximum atomic E-state index is 12.2. The van der Waals surface area contributed by atoms with Gasteiger partial charge in [-0.1, -0.05) is 6.92 Å². The van der Waals surface area contributed by atoms with Crippen molar-refractivity contribution in [3.63, 3.8) is 0 Å². The fourth-order valence-electron chi connectivity index (χ4n) is 2.09. The molecule has 134 valence electrons. The van der Waals surface area contributed by atoms with Gasteiger partial charge in [-0.3, -0.25) is 14.9 Å². The normalized spacial score (nSPS) is 10.5. The fraction of sp³-hybridized carbons (Fsp3) is 0.400. The summed E-state index contributed by atoms with van der Waals surface area (Å²) in [7, 11) is 0. The van der Waals surface area contributed by atoms with Crippen molar-refractivity contribution < 1.29 is 19.1 Å². The van der Waals surface area contributed by atoms with Crippen molar-refractivity contribution >= 4 is 39.5 Å². The van der Waals surface area contributed by atoms with Crippen molar-refractivity contribution in [3.8, 4) is 0 Å². The van der Waals surface area contributed by atoms with E-state index < -0.39 is 24.5 Å². The van der Waals surface area contributed by atoms with Gasteiger partial charge in [0.25, 0.3) is 11.5 Å². The minimum absolute atomic E-state index is 0.196. The van der Waals surface area contributed by atoms with E-state index in [1.54, 1.807) is 13.8 Å². The lowest BCUT2D eigenvalue weighted by Crippen LogP contribution is -2.41. The van der Waals surface area contributed by atoms with Gasteiger partial charge in [0, 0.05) is 6.54 Å². The summed E-state index contributed by atoms with van der Waals surface area (Å²) < 4.78 is 4.92. The molecule has 25 heavy (non-hydrogen) atoms. The highest BCUT2D eigenvalue weighted by molar-refractivity contribution is 7.20. The minimum atomic E-state index is -0.748. The lowest BCUT2D eigenvalue weighted by Gasteiger charge is -2.06. The van der Waals surface area contributed by atoms with Gasteiger partial charge >= 0.3 is 12.0 Å². The van der Waals surface area contributed by atoms with Crippen LogP contribution < -0.4 is 16.2 Å². The number of H-pyrrole nitrogens is 1. The van der Waals surface area contributed by atoms with Gasteiger partial charge in [-0.15, -0.1) is 11.3 Å². The Balaban J connectivity index is 2.04. The first kappa shape index (κ1) is 18.6. The number of urea groups is 1. The summed E-state index contributed by atoms with van der Waals surface area (Å²) in [4.78, 5) is 54.5. The third kappa shape index (κ3) is 4.41. The molecule has 0 atom stereocenters. The third-order valence-electron chi connectivity index (χ3n) is 3.23. The van der Waals surface area contributed by atoms with Gasteiger partial charge in [0.1, 0.15) is 15.5 Å². The van der Waals surface area contributed by atoms with Gasteiger partial charge < -0.3 is 15.0 Å². The van der Waals surface area contributed by atoms with Crippen LogP contribution in [0.1, 0.15) is 34.4 Å². The highest BCUT2D eigenvalue weighted by Gasteiger charge is 2.21. The molecule has 0 saturated carbocycles. The van der Waals surface area contributed by atoms with Crippen molar-refractivity contribution in [2.24, 2.45) is 0 Å². The first-order valence-corrected chi connectivity index (χ1v) is 8.40. The van der Waals surface area contributed by atoms with E-state index in [1.807, 2.05) is 12.2 Å². The van der Waals surface area contributed by atoms with Crippen LogP contribution in [0.4, 0.5) is 4.79 Å². The molecule has 0 unspecified atom stereocenters. The molecular formula is C15H18N4O5S. The number of ether oxygens (including phenoxy) is 1. The van der Waals surface area contributed by atoms with Crippen LogP contribution in [0.2, 0.25) is 0 Å². The molecule has 0 bridgehead atoms. The average molecular weight is 366 g/mol. The topological polar surface area (TPSA) is 130 Å². The summed E-state index contributed by atoms with van der Waals surface area (Å²) in [6.07, 6.45) is 0.731. The number of nitrogens with one attached hydrogen (secondary N) is 3. The molecule has 2 heterocycles. The first-order valence-electron chi connectivity index (χ1n) is 7.58. The number of hydrogen-bond donors (Lipinski definition) is 3. The maximum absolute atomic E-state index is 12.2. The highest BCUT2D eigenvalue weighted by atomic mass is 32.1. The monoisotopic (exact) mass is 366 g/mol. The third-order valence-corrected chi connectivity index (χ3v) is 4.39. The summed E-state index contributed by atoms with van der Waals surface area (Å²) in [5.41, 5.74) is 0.112. The lowest BCUT2D eigenvalue weighted by molar-refractivity contribution is -0.123. The molecule has 0 aliphatic rings. The first-order chi connectivity index (χ1) is 11.8. The SMILES string of the molecule is CCCNC(=O)NC(=O)COC(=O)c1sc2nc(C)[nH]c(=O)c2c1C. The number of fused-ring (bicyclic) bond motifs is 1. The number of rotatable bonds is 5. The predicted octanol–water partition coefficient (Wildman–Crippen LogP) is 0.994. The molecule has 2 aromatic heterocycles. The van der Waals surface area contributed by atoms with Gasteiger partial charge in [0.2, 0.25) is 0 Å². The minimum Gasteiger partial charge on any atom is -0.451 e. The molecule has 3 amide bonds. The number of hydrogen-bond acceptors (Lipinski definition) is 7. The number of aryl methyl sites for hydroxylation is 2. The Hall–Kier alpha value is -2.75. The molecule has 9 nitrogen and oxygen atoms in total. The van der Waals surface area contributed by atoms with Crippen molar-refractivity contribution in [1.82, 2.24) is 20.6 Å². The highest BCUT2D eigenvalue weighted by Crippen LogP contribution is 2.27. The zero-order valence-corrected chi connectivity index (χ0v) is 14.8. The second-order valence-corrected chi connectivity index (χ2v) is 6.27. The molecule has 0 aliphatic heterocycles. The number of carbonyl (C=O) groups is 3. The Morgan fingerprint density at radius 3 is 2.68 bits per heavy atom. The van der Waals surface area contributed by atoms with E-state index in [-0.39, 0.29) is 10.4 Å². The van der Waals surface area contributed by atoms with Gasteiger partial charge in [-0.2, -0.15) is 0 Å². The summed E-state index contributed by atoms with van der Waals surface area (Å²) in [5, 5.41) is 4.84. The molecule has 0 radical (unpaired) electrons. The Morgan fingerprint density at radius 1 is 1.28 bits per heavy atom. The van der Waals surface area contributed by atoms with Crippen molar-refractivity contribution in [2.45, 2.75) is 27.2 Å². The van der Waals surface area contributed by atoms with Gasteiger partial charge in [0.15, 0.2) is 6.61 Å². The Bertz CT molecular complexity index is 886. The molecule has 2 aromatic rings. The fourth-order valence-corrected chi connectivity index (χ4v) is 3.21. The van der Waals surface area contributed by atoms with Crippen molar-refractivity contribution in [1.29, 1.82) is 0 Å². The average Bonchev–Trinajstić information content (AvgIpc) is 2.87. The molecule has 3 N–H and O–H groups in total. The predicted molar refractivity (Wildman–Crippen MR) is 91.8 cm³/mol. The summed E-state index contributed by atoms with van der Waals surface area (Å²) in [5.74, 6) is -1.05. The number of nitrogens with zero attached hydrogens (tertiary/aromatic N) is 1. The van der Waals surface area contributed by atoms with Crippen molar-refractivity contribution in [2.75, 3.05) is 13.2 Å². The van der Waals surface area contributed by atoms with Crippen LogP contribution in [-0.2, 0) is 9.53 Å². The molecular weight excluding hydrogens is 348 g/mol. The van der Waals surface area contributed by atoms with Crippen LogP contribution in [-0.4, -0.2) is 41.0 Å². The molecule has 2 rings (SSSR count). The smallest absolute Gasteiger partial charge is 0.349 e. The van der Waals surface area contributed by atoms with Gasteiger partial charge in [0.05, 0.1) is 5.39 Å². The lowest BCUT2D eigenvalue weighted by atomic mass is 10.2. The standard InChI is InChI=1S/C15H18N4O5S/c1-4-5-16-15(23)19-9(20)6-24-14(22)11-7(2)10-12(21)17-8(3)18-13(10)25-11/h4-6H2,1-3H3,(H,17,18,21)(H2,16,19,20,23). The van der Waals surface area contributed by atoms with Crippen LogP contribution in [0.25, 0.3) is 10.2 Å². The zero-order valence-electron chi connectivity index (χ0n) is 14.0. The quantitative estimate of drug-likeness (QED) is 0.677. The summed E-state index contributed by atoms with van der Waals surface area (Å²) >= 11 is 1.02. The summed E-state index contributed by atoms with van der Waals surface area (Å²) in [6.45, 7) is 4.95. The molecule has 10 heteroatoms. The number of carbonyl (C=O) groups excluding carboxylic acids is 3. The second kappa shape index (κ2) is 7.88. The number of thiophene rings is 1. The Labute approximate surface area is 146 Å². The molecule has 0 fully saturated rings. The van der Waals surface area contributed by atoms with Gasteiger partial charge in [-0.05, 0) is 25.8 Å².